The van der Waals surface area contributed by atoms with Crippen LogP contribution in [0.5, 0.6) is 0 Å². The predicted molar refractivity (Wildman–Crippen MR) is 85.7 cm³/mol. The van der Waals surface area contributed by atoms with E-state index in [9.17, 15) is 19.3 Å². The number of rotatable bonds is 5. The van der Waals surface area contributed by atoms with Gasteiger partial charge in [0.15, 0.2) is 0 Å². The second-order valence-electron chi connectivity index (χ2n) is 4.91. The zero-order valence-corrected chi connectivity index (χ0v) is 13.6. The number of methoxy groups -OCH3 is 1. The first kappa shape index (κ1) is 17.6. The lowest BCUT2D eigenvalue weighted by molar-refractivity contribution is -0.384. The maximum atomic E-state index is 13.1. The molecule has 0 fully saturated rings. The number of nitro groups is 1. The van der Waals surface area contributed by atoms with Gasteiger partial charge in [0.05, 0.1) is 17.6 Å². The molecule has 9 heteroatoms. The number of carbonyl (C=O) groups excluding carboxylic acids is 1. The van der Waals surface area contributed by atoms with E-state index in [1.54, 1.807) is 7.05 Å². The van der Waals surface area contributed by atoms with Crippen molar-refractivity contribution in [1.82, 2.24) is 4.98 Å². The van der Waals surface area contributed by atoms with Gasteiger partial charge in [-0.1, -0.05) is 17.7 Å². The van der Waals surface area contributed by atoms with Gasteiger partial charge < -0.3 is 9.64 Å². The largest absolute Gasteiger partial charge is 0.465 e. The second kappa shape index (κ2) is 7.22. The molecule has 1 heterocycles. The quantitative estimate of drug-likeness (QED) is 0.466. The molecule has 0 atom stereocenters. The van der Waals surface area contributed by atoms with Crippen molar-refractivity contribution in [2.24, 2.45) is 0 Å². The van der Waals surface area contributed by atoms with Gasteiger partial charge in [-0.15, -0.1) is 0 Å². The van der Waals surface area contributed by atoms with Crippen molar-refractivity contribution in [1.29, 1.82) is 0 Å². The number of ether oxygens (including phenoxy) is 1. The second-order valence-corrected chi connectivity index (χ2v) is 5.31. The Morgan fingerprint density at radius 3 is 2.75 bits per heavy atom. The van der Waals surface area contributed by atoms with Crippen LogP contribution in [0, 0.1) is 15.9 Å². The lowest BCUT2D eigenvalue weighted by Gasteiger charge is -2.19. The van der Waals surface area contributed by atoms with E-state index in [0.717, 1.165) is 12.1 Å². The molecule has 126 valence electrons. The van der Waals surface area contributed by atoms with Crippen molar-refractivity contribution < 1.29 is 18.8 Å². The molecule has 0 saturated heterocycles. The van der Waals surface area contributed by atoms with E-state index in [-0.39, 0.29) is 28.6 Å². The number of halogens is 2. The Bertz CT molecular complexity index is 800. The molecule has 0 spiro atoms. The number of anilines is 1. The lowest BCUT2D eigenvalue weighted by Crippen LogP contribution is -2.20. The standard InChI is InChI=1S/C15H13ClFN3O4/c1-19(8-9-3-4-11(17)6-12(9)16)14-13(20(22)23)5-10(7-18-14)15(21)24-2/h3-7H,8H2,1-2H3. The molecule has 24 heavy (non-hydrogen) atoms. The molecule has 0 unspecified atom stereocenters. The SMILES string of the molecule is COC(=O)c1cnc(N(C)Cc2ccc(F)cc2Cl)c([N+](=O)[O-])c1. The monoisotopic (exact) mass is 353 g/mol. The number of carbonyl (C=O) groups is 1. The zero-order valence-electron chi connectivity index (χ0n) is 12.8. The highest BCUT2D eigenvalue weighted by Gasteiger charge is 2.22. The van der Waals surface area contributed by atoms with E-state index < -0.39 is 16.7 Å². The molecule has 1 aromatic carbocycles. The van der Waals surface area contributed by atoms with Crippen molar-refractivity contribution in [3.8, 4) is 0 Å². The topological polar surface area (TPSA) is 85.6 Å². The highest BCUT2D eigenvalue weighted by Crippen LogP contribution is 2.28. The van der Waals surface area contributed by atoms with Crippen LogP contribution < -0.4 is 4.90 Å². The molecule has 0 saturated carbocycles. The third kappa shape index (κ3) is 3.77. The molecule has 0 radical (unpaired) electrons. The average molecular weight is 354 g/mol. The molecule has 2 rings (SSSR count). The smallest absolute Gasteiger partial charge is 0.339 e. The van der Waals surface area contributed by atoms with E-state index in [0.29, 0.717) is 5.56 Å². The van der Waals surface area contributed by atoms with Gasteiger partial charge in [-0.3, -0.25) is 10.1 Å². The Labute approximate surface area is 141 Å². The predicted octanol–water partition coefficient (Wildman–Crippen LogP) is 3.21. The number of hydrogen-bond acceptors (Lipinski definition) is 6. The van der Waals surface area contributed by atoms with Crippen molar-refractivity contribution >= 4 is 29.1 Å². The summed E-state index contributed by atoms with van der Waals surface area (Å²) in [6.45, 7) is 0.171. The minimum absolute atomic E-state index is 0.0267. The maximum absolute atomic E-state index is 13.1. The number of aromatic nitrogens is 1. The van der Waals surface area contributed by atoms with Gasteiger partial charge in [0.25, 0.3) is 0 Å². The van der Waals surface area contributed by atoms with Crippen LogP contribution in [-0.4, -0.2) is 30.0 Å². The summed E-state index contributed by atoms with van der Waals surface area (Å²) in [5.41, 5.74) is 0.202. The summed E-state index contributed by atoms with van der Waals surface area (Å²) in [5.74, 6) is -1.15. The molecule has 0 N–H and O–H groups in total. The minimum atomic E-state index is -0.721. The van der Waals surface area contributed by atoms with Crippen molar-refractivity contribution in [2.45, 2.75) is 6.54 Å². The Morgan fingerprint density at radius 2 is 2.17 bits per heavy atom. The molecule has 0 bridgehead atoms. The molecular weight excluding hydrogens is 341 g/mol. The summed E-state index contributed by atoms with van der Waals surface area (Å²) in [7, 11) is 2.75. The molecule has 0 aliphatic carbocycles. The van der Waals surface area contributed by atoms with Crippen LogP contribution in [0.4, 0.5) is 15.9 Å². The summed E-state index contributed by atoms with van der Waals surface area (Å²) in [6.07, 6.45) is 1.19. The Balaban J connectivity index is 2.36. The van der Waals surface area contributed by atoms with Gasteiger partial charge in [-0.25, -0.2) is 14.2 Å². The van der Waals surface area contributed by atoms with Crippen LogP contribution in [0.25, 0.3) is 0 Å². The third-order valence-electron chi connectivity index (χ3n) is 3.25. The van der Waals surface area contributed by atoms with E-state index in [1.807, 2.05) is 0 Å². The average Bonchev–Trinajstić information content (AvgIpc) is 2.55. The molecule has 0 aliphatic rings. The van der Waals surface area contributed by atoms with Crippen LogP contribution >= 0.6 is 11.6 Å². The molecule has 2 aromatic rings. The van der Waals surface area contributed by atoms with Gasteiger partial charge in [0.2, 0.25) is 5.82 Å². The summed E-state index contributed by atoms with van der Waals surface area (Å²) in [6, 6.07) is 4.99. The van der Waals surface area contributed by atoms with E-state index in [4.69, 9.17) is 11.6 Å². The number of esters is 1. The molecule has 7 nitrogen and oxygen atoms in total. The molecule has 0 amide bonds. The summed E-state index contributed by atoms with van der Waals surface area (Å²) >= 11 is 5.97. The van der Waals surface area contributed by atoms with Crippen LogP contribution in [-0.2, 0) is 11.3 Å². The molecular formula is C15H13ClFN3O4. The number of pyridine rings is 1. The first-order chi connectivity index (χ1) is 11.3. The molecule has 1 aromatic heterocycles. The van der Waals surface area contributed by atoms with Gasteiger partial charge in [0, 0.05) is 30.9 Å². The Hall–Kier alpha value is -2.74. The lowest BCUT2D eigenvalue weighted by atomic mass is 10.2. The van der Waals surface area contributed by atoms with Crippen molar-refractivity contribution in [3.05, 3.63) is 62.5 Å². The first-order valence-electron chi connectivity index (χ1n) is 6.71. The minimum Gasteiger partial charge on any atom is -0.465 e. The third-order valence-corrected chi connectivity index (χ3v) is 3.60. The summed E-state index contributed by atoms with van der Waals surface area (Å²) in [5, 5.41) is 11.5. The fourth-order valence-electron chi connectivity index (χ4n) is 2.08. The van der Waals surface area contributed by atoms with E-state index in [2.05, 4.69) is 9.72 Å². The Morgan fingerprint density at radius 1 is 1.46 bits per heavy atom. The highest BCUT2D eigenvalue weighted by atomic mass is 35.5. The van der Waals surface area contributed by atoms with Crippen LogP contribution in [0.1, 0.15) is 15.9 Å². The van der Waals surface area contributed by atoms with Crippen LogP contribution in [0.3, 0.4) is 0 Å². The van der Waals surface area contributed by atoms with Gasteiger partial charge >= 0.3 is 11.7 Å². The van der Waals surface area contributed by atoms with Crippen molar-refractivity contribution in [2.75, 3.05) is 19.1 Å². The van der Waals surface area contributed by atoms with Gasteiger partial charge in [-0.2, -0.15) is 0 Å². The van der Waals surface area contributed by atoms with E-state index in [1.165, 1.54) is 30.3 Å². The van der Waals surface area contributed by atoms with Crippen LogP contribution in [0.15, 0.2) is 30.5 Å². The number of nitrogens with zero attached hydrogens (tertiary/aromatic N) is 3. The normalized spacial score (nSPS) is 10.3. The first-order valence-corrected chi connectivity index (χ1v) is 7.09. The van der Waals surface area contributed by atoms with Gasteiger partial charge in [-0.05, 0) is 17.7 Å². The number of benzene rings is 1. The Kier molecular flexibility index (Phi) is 5.30. The van der Waals surface area contributed by atoms with E-state index >= 15 is 0 Å². The van der Waals surface area contributed by atoms with Crippen LogP contribution in [0.2, 0.25) is 5.02 Å². The molecule has 0 aliphatic heterocycles. The summed E-state index contributed by atoms with van der Waals surface area (Å²) in [4.78, 5) is 27.6. The highest BCUT2D eigenvalue weighted by molar-refractivity contribution is 6.31. The maximum Gasteiger partial charge on any atom is 0.339 e. The van der Waals surface area contributed by atoms with Crippen molar-refractivity contribution in [3.63, 3.8) is 0 Å². The summed E-state index contributed by atoms with van der Waals surface area (Å²) < 4.78 is 17.6. The number of hydrogen-bond donors (Lipinski definition) is 0. The van der Waals surface area contributed by atoms with Gasteiger partial charge in [0.1, 0.15) is 5.82 Å². The fraction of sp³-hybridized carbons (Fsp3) is 0.200. The zero-order chi connectivity index (χ0) is 17.9. The fourth-order valence-corrected chi connectivity index (χ4v) is 2.31.